The molecule has 2 unspecified atom stereocenters. The van der Waals surface area contributed by atoms with Crippen molar-refractivity contribution < 1.29 is 22.8 Å². The summed E-state index contributed by atoms with van der Waals surface area (Å²) in [6, 6.07) is 14.7. The van der Waals surface area contributed by atoms with Gasteiger partial charge in [-0.15, -0.1) is 11.6 Å². The van der Waals surface area contributed by atoms with Crippen molar-refractivity contribution in [2.24, 2.45) is 0 Å². The Bertz CT molecular complexity index is 1100. The molecule has 6 nitrogen and oxygen atoms in total. The third-order valence-electron chi connectivity index (χ3n) is 4.99. The highest BCUT2D eigenvalue weighted by Gasteiger charge is 2.27. The van der Waals surface area contributed by atoms with E-state index in [4.69, 9.17) is 11.6 Å². The van der Waals surface area contributed by atoms with Crippen molar-refractivity contribution in [2.45, 2.75) is 37.2 Å². The van der Waals surface area contributed by atoms with Crippen LogP contribution in [0.3, 0.4) is 0 Å². The smallest absolute Gasteiger partial charge is 0.350 e. The van der Waals surface area contributed by atoms with Gasteiger partial charge in [0.05, 0.1) is 12.1 Å². The molecule has 0 aliphatic rings. The highest BCUT2D eigenvalue weighted by molar-refractivity contribution is 6.20. The van der Waals surface area contributed by atoms with E-state index in [0.29, 0.717) is 24.3 Å². The van der Waals surface area contributed by atoms with Gasteiger partial charge in [0, 0.05) is 24.0 Å². The van der Waals surface area contributed by atoms with Crippen LogP contribution in [0.15, 0.2) is 54.7 Å². The second-order valence-electron chi connectivity index (χ2n) is 7.77. The Kier molecular flexibility index (Phi) is 7.97. The molecule has 0 spiro atoms. The number of pyridine rings is 1. The van der Waals surface area contributed by atoms with Gasteiger partial charge in [0.1, 0.15) is 17.9 Å². The number of alkyl halides is 4. The zero-order valence-corrected chi connectivity index (χ0v) is 18.7. The minimum absolute atomic E-state index is 0.0255. The van der Waals surface area contributed by atoms with Gasteiger partial charge in [-0.05, 0) is 31.0 Å². The maximum Gasteiger partial charge on any atom is 0.405 e. The lowest BCUT2D eigenvalue weighted by Crippen LogP contribution is -2.34. The van der Waals surface area contributed by atoms with Crippen LogP contribution in [0.5, 0.6) is 0 Å². The number of benzene rings is 1. The second-order valence-corrected chi connectivity index (χ2v) is 8.52. The molecule has 176 valence electrons. The van der Waals surface area contributed by atoms with Gasteiger partial charge in [-0.2, -0.15) is 13.2 Å². The molecule has 0 saturated heterocycles. The summed E-state index contributed by atoms with van der Waals surface area (Å²) in [7, 11) is 0. The highest BCUT2D eigenvalue weighted by Crippen LogP contribution is 2.23. The van der Waals surface area contributed by atoms with E-state index in [-0.39, 0.29) is 29.3 Å². The zero-order chi connectivity index (χ0) is 24.0. The van der Waals surface area contributed by atoms with E-state index in [9.17, 15) is 22.8 Å². The molecule has 3 rings (SSSR count). The van der Waals surface area contributed by atoms with Crippen LogP contribution < -0.4 is 10.6 Å². The Morgan fingerprint density at radius 3 is 2.48 bits per heavy atom. The van der Waals surface area contributed by atoms with Gasteiger partial charge in [0.25, 0.3) is 5.91 Å². The van der Waals surface area contributed by atoms with Gasteiger partial charge >= 0.3 is 6.18 Å². The molecule has 0 radical (unpaired) electrons. The quantitative estimate of drug-likeness (QED) is 0.453. The fraction of sp³-hybridized carbons (Fsp3) is 0.348. The maximum absolute atomic E-state index is 12.9. The van der Waals surface area contributed by atoms with Crippen LogP contribution in [-0.2, 0) is 11.2 Å². The predicted octanol–water partition coefficient (Wildman–Crippen LogP) is 4.09. The molecule has 2 N–H and O–H groups in total. The average molecular weight is 481 g/mol. The van der Waals surface area contributed by atoms with Crippen LogP contribution in [0.25, 0.3) is 5.65 Å². The average Bonchev–Trinajstić information content (AvgIpc) is 3.17. The summed E-state index contributed by atoms with van der Waals surface area (Å²) in [5.74, 6) is -1.12. The maximum atomic E-state index is 12.9. The predicted molar refractivity (Wildman–Crippen MR) is 119 cm³/mol. The van der Waals surface area contributed by atoms with Gasteiger partial charge in [0.2, 0.25) is 5.91 Å². The summed E-state index contributed by atoms with van der Waals surface area (Å²) < 4.78 is 38.4. The lowest BCUT2D eigenvalue weighted by molar-refractivity contribution is -0.138. The van der Waals surface area contributed by atoms with Crippen LogP contribution in [-0.4, -0.2) is 45.8 Å². The Hall–Kier alpha value is -3.07. The molecule has 10 heteroatoms. The number of nitrogens with one attached hydrogen (secondary N) is 2. The minimum Gasteiger partial charge on any atom is -0.350 e. The first-order valence-electron chi connectivity index (χ1n) is 10.4. The molecule has 0 bridgehead atoms. The van der Waals surface area contributed by atoms with Gasteiger partial charge < -0.3 is 10.6 Å². The van der Waals surface area contributed by atoms with Crippen molar-refractivity contribution in [3.05, 3.63) is 71.7 Å². The number of imidazole rings is 1. The van der Waals surface area contributed by atoms with Crippen molar-refractivity contribution in [1.82, 2.24) is 20.0 Å². The number of rotatable bonds is 9. The molecule has 0 saturated carbocycles. The largest absolute Gasteiger partial charge is 0.405 e. The van der Waals surface area contributed by atoms with Crippen LogP contribution in [0.4, 0.5) is 13.2 Å². The lowest BCUT2D eigenvalue weighted by Gasteiger charge is -2.19. The van der Waals surface area contributed by atoms with Crippen molar-refractivity contribution in [1.29, 1.82) is 0 Å². The van der Waals surface area contributed by atoms with Gasteiger partial charge in [-0.3, -0.25) is 14.0 Å². The molecular weight excluding hydrogens is 457 g/mol. The Morgan fingerprint density at radius 2 is 1.82 bits per heavy atom. The Labute approximate surface area is 194 Å². The van der Waals surface area contributed by atoms with Crippen molar-refractivity contribution in [2.75, 3.05) is 13.1 Å². The molecule has 0 aliphatic heterocycles. The fourth-order valence-electron chi connectivity index (χ4n) is 3.52. The molecule has 2 aromatic heterocycles. The number of fused-ring (bicyclic) bond motifs is 1. The van der Waals surface area contributed by atoms with Crippen LogP contribution >= 0.6 is 11.6 Å². The van der Waals surface area contributed by atoms with E-state index in [1.54, 1.807) is 18.2 Å². The molecule has 2 heterocycles. The minimum atomic E-state index is -4.49. The SMILES string of the molecule is CC(Cl)CC(CNC(=O)c1cccc2nc(CC(=O)NCC(F)(F)F)cn12)c1ccccc1. The zero-order valence-electron chi connectivity index (χ0n) is 17.9. The lowest BCUT2D eigenvalue weighted by atomic mass is 9.94. The topological polar surface area (TPSA) is 75.5 Å². The third kappa shape index (κ3) is 7.21. The van der Waals surface area contributed by atoms with Gasteiger partial charge in [-0.25, -0.2) is 4.98 Å². The molecule has 2 amide bonds. The number of hydrogen-bond donors (Lipinski definition) is 2. The van der Waals surface area contributed by atoms with Crippen LogP contribution in [0.1, 0.15) is 41.0 Å². The van der Waals surface area contributed by atoms with E-state index < -0.39 is 18.6 Å². The Morgan fingerprint density at radius 1 is 1.09 bits per heavy atom. The van der Waals surface area contributed by atoms with E-state index in [1.807, 2.05) is 42.6 Å². The number of carbonyl (C=O) groups excluding carboxylic acids is 2. The number of amides is 2. The highest BCUT2D eigenvalue weighted by atomic mass is 35.5. The van der Waals surface area contributed by atoms with E-state index >= 15 is 0 Å². The molecule has 33 heavy (non-hydrogen) atoms. The standard InChI is InChI=1S/C23H24ClF3N4O2/c1-15(24)10-17(16-6-3-2-4-7-16)12-28-22(33)19-8-5-9-20-30-18(13-31(19)20)11-21(32)29-14-23(25,26)27/h2-9,13,15,17H,10-12,14H2,1H3,(H,28,33)(H,29,32). The molecule has 0 aliphatic carbocycles. The first kappa shape index (κ1) is 24.6. The fourth-order valence-corrected chi connectivity index (χ4v) is 3.73. The van der Waals surface area contributed by atoms with Crippen molar-refractivity contribution >= 4 is 29.1 Å². The summed E-state index contributed by atoms with van der Waals surface area (Å²) in [6.45, 7) is 0.867. The van der Waals surface area contributed by atoms with Crippen LogP contribution in [0, 0.1) is 0 Å². The number of carbonyl (C=O) groups is 2. The van der Waals surface area contributed by atoms with Crippen molar-refractivity contribution in [3.8, 4) is 0 Å². The first-order chi connectivity index (χ1) is 15.6. The summed E-state index contributed by atoms with van der Waals surface area (Å²) >= 11 is 6.20. The first-order valence-corrected chi connectivity index (χ1v) is 10.8. The van der Waals surface area contributed by atoms with Crippen LogP contribution in [0.2, 0.25) is 0 Å². The normalized spacial score (nSPS) is 13.5. The summed E-state index contributed by atoms with van der Waals surface area (Å²) in [5.41, 5.74) is 2.04. The summed E-state index contributed by atoms with van der Waals surface area (Å²) in [4.78, 5) is 29.0. The summed E-state index contributed by atoms with van der Waals surface area (Å²) in [6.07, 6.45) is -2.66. The monoisotopic (exact) mass is 480 g/mol. The van der Waals surface area contributed by atoms with E-state index in [2.05, 4.69) is 10.3 Å². The number of halogens is 4. The van der Waals surface area contributed by atoms with Gasteiger partial charge in [-0.1, -0.05) is 36.4 Å². The number of hydrogen-bond acceptors (Lipinski definition) is 3. The Balaban J connectivity index is 1.71. The van der Waals surface area contributed by atoms with Gasteiger partial charge in [0.15, 0.2) is 0 Å². The summed E-state index contributed by atoms with van der Waals surface area (Å²) in [5, 5.41) is 4.67. The van der Waals surface area contributed by atoms with Crippen molar-refractivity contribution in [3.63, 3.8) is 0 Å². The third-order valence-corrected chi connectivity index (χ3v) is 5.17. The number of aromatic nitrogens is 2. The molecule has 3 aromatic rings. The molecule has 2 atom stereocenters. The number of nitrogens with zero attached hydrogens (tertiary/aromatic N) is 2. The molecular formula is C23H24ClF3N4O2. The second kappa shape index (κ2) is 10.7. The van der Waals surface area contributed by atoms with E-state index in [0.717, 1.165) is 5.56 Å². The molecule has 1 aromatic carbocycles. The molecule has 0 fully saturated rings. The van der Waals surface area contributed by atoms with E-state index in [1.165, 1.54) is 10.6 Å².